The second-order valence-corrected chi connectivity index (χ2v) is 4.77. The molecule has 0 aliphatic rings. The third kappa shape index (κ3) is 4.68. The molecule has 1 rings (SSSR count). The van der Waals surface area contributed by atoms with Crippen LogP contribution in [0.3, 0.4) is 0 Å². The standard InChI is InChI=1S/C12H16O4/c1-12(2,3)8-11(14)16-15-10-6-4-9(13)5-7-10/h4-7,13H,8H2,1-3H3. The summed E-state index contributed by atoms with van der Waals surface area (Å²) in [5.41, 5.74) is -0.130. The van der Waals surface area contributed by atoms with Gasteiger partial charge in [-0.3, -0.25) is 9.78 Å². The Balaban J connectivity index is 2.40. The van der Waals surface area contributed by atoms with E-state index in [0.29, 0.717) is 5.75 Å². The molecule has 0 bridgehead atoms. The highest BCUT2D eigenvalue weighted by Gasteiger charge is 2.18. The molecule has 0 saturated heterocycles. The average molecular weight is 224 g/mol. The van der Waals surface area contributed by atoms with E-state index in [4.69, 9.17) is 9.99 Å². The Labute approximate surface area is 94.7 Å². The minimum atomic E-state index is -0.416. The molecule has 0 radical (unpaired) electrons. The summed E-state index contributed by atoms with van der Waals surface area (Å²) in [4.78, 5) is 20.7. The SMILES string of the molecule is CC(C)(C)CC(=O)OOc1ccc(O)cc1. The lowest BCUT2D eigenvalue weighted by atomic mass is 9.93. The van der Waals surface area contributed by atoms with Crippen molar-refractivity contribution in [2.24, 2.45) is 5.41 Å². The number of aromatic hydroxyl groups is 1. The fraction of sp³-hybridized carbons (Fsp3) is 0.417. The van der Waals surface area contributed by atoms with Gasteiger partial charge in [0.15, 0.2) is 5.75 Å². The smallest absolute Gasteiger partial charge is 0.355 e. The van der Waals surface area contributed by atoms with Crippen LogP contribution in [0.1, 0.15) is 27.2 Å². The zero-order valence-electron chi connectivity index (χ0n) is 9.69. The van der Waals surface area contributed by atoms with Crippen LogP contribution in [0, 0.1) is 5.41 Å². The molecule has 16 heavy (non-hydrogen) atoms. The molecule has 0 aliphatic carbocycles. The molecule has 1 aromatic carbocycles. The molecule has 0 atom stereocenters. The second kappa shape index (κ2) is 4.88. The van der Waals surface area contributed by atoms with Gasteiger partial charge in [-0.05, 0) is 29.7 Å². The van der Waals surface area contributed by atoms with Crippen molar-refractivity contribution >= 4 is 5.97 Å². The first kappa shape index (κ1) is 12.4. The van der Waals surface area contributed by atoms with Crippen molar-refractivity contribution < 1.29 is 19.7 Å². The van der Waals surface area contributed by atoms with Crippen LogP contribution in [0.5, 0.6) is 11.5 Å². The lowest BCUT2D eigenvalue weighted by Crippen LogP contribution is -2.16. The van der Waals surface area contributed by atoms with E-state index in [9.17, 15) is 4.79 Å². The largest absolute Gasteiger partial charge is 0.508 e. The number of phenols is 1. The van der Waals surface area contributed by atoms with Gasteiger partial charge in [-0.25, -0.2) is 4.79 Å². The Bertz CT molecular complexity index is 348. The van der Waals surface area contributed by atoms with Crippen LogP contribution in [0.2, 0.25) is 0 Å². The number of carbonyl (C=O) groups is 1. The maximum absolute atomic E-state index is 11.3. The predicted molar refractivity (Wildman–Crippen MR) is 58.9 cm³/mol. The molecule has 0 saturated carbocycles. The first-order chi connectivity index (χ1) is 7.37. The molecule has 1 N–H and O–H groups in total. The number of hydrogen-bond donors (Lipinski definition) is 1. The van der Waals surface area contributed by atoms with Crippen LogP contribution in [0.4, 0.5) is 0 Å². The molecule has 4 nitrogen and oxygen atoms in total. The lowest BCUT2D eigenvalue weighted by Gasteiger charge is -2.15. The van der Waals surface area contributed by atoms with Gasteiger partial charge in [0.2, 0.25) is 0 Å². The quantitative estimate of drug-likeness (QED) is 0.633. The number of phenolic OH excluding ortho intramolecular Hbond substituents is 1. The number of benzene rings is 1. The van der Waals surface area contributed by atoms with Gasteiger partial charge in [-0.2, -0.15) is 0 Å². The average Bonchev–Trinajstić information content (AvgIpc) is 2.14. The molecular formula is C12H16O4. The molecule has 0 amide bonds. The summed E-state index contributed by atoms with van der Waals surface area (Å²) in [6.45, 7) is 5.82. The van der Waals surface area contributed by atoms with Gasteiger partial charge < -0.3 is 5.11 Å². The molecule has 0 aromatic heterocycles. The van der Waals surface area contributed by atoms with Gasteiger partial charge in [0, 0.05) is 0 Å². The summed E-state index contributed by atoms with van der Waals surface area (Å²) < 4.78 is 0. The van der Waals surface area contributed by atoms with Crippen LogP contribution in [0.25, 0.3) is 0 Å². The van der Waals surface area contributed by atoms with Gasteiger partial charge in [0.05, 0.1) is 6.42 Å². The minimum absolute atomic E-state index is 0.130. The van der Waals surface area contributed by atoms with Gasteiger partial charge in [-0.1, -0.05) is 20.8 Å². The van der Waals surface area contributed by atoms with E-state index in [1.54, 1.807) is 0 Å². The Morgan fingerprint density at radius 1 is 1.25 bits per heavy atom. The van der Waals surface area contributed by atoms with E-state index in [0.717, 1.165) is 0 Å². The molecule has 88 valence electrons. The Hall–Kier alpha value is -1.71. The summed E-state index contributed by atoms with van der Waals surface area (Å²) in [5.74, 6) is 0.0917. The highest BCUT2D eigenvalue weighted by Crippen LogP contribution is 2.20. The number of carbonyl (C=O) groups excluding carboxylic acids is 1. The summed E-state index contributed by atoms with van der Waals surface area (Å²) >= 11 is 0. The summed E-state index contributed by atoms with van der Waals surface area (Å²) in [7, 11) is 0. The van der Waals surface area contributed by atoms with Crippen LogP contribution >= 0.6 is 0 Å². The van der Waals surface area contributed by atoms with Crippen molar-refractivity contribution in [2.75, 3.05) is 0 Å². The van der Waals surface area contributed by atoms with Crippen LogP contribution < -0.4 is 4.89 Å². The highest BCUT2D eigenvalue weighted by molar-refractivity contribution is 5.69. The minimum Gasteiger partial charge on any atom is -0.508 e. The maximum atomic E-state index is 11.3. The van der Waals surface area contributed by atoms with Crippen molar-refractivity contribution in [3.63, 3.8) is 0 Å². The van der Waals surface area contributed by atoms with Crippen LogP contribution in [-0.2, 0) is 9.68 Å². The Kier molecular flexibility index (Phi) is 3.77. The second-order valence-electron chi connectivity index (χ2n) is 4.77. The Morgan fingerprint density at radius 2 is 1.81 bits per heavy atom. The molecule has 0 unspecified atom stereocenters. The van der Waals surface area contributed by atoms with E-state index in [-0.39, 0.29) is 17.6 Å². The van der Waals surface area contributed by atoms with E-state index in [2.05, 4.69) is 4.89 Å². The van der Waals surface area contributed by atoms with Gasteiger partial charge in [-0.15, -0.1) is 0 Å². The van der Waals surface area contributed by atoms with E-state index in [1.807, 2.05) is 20.8 Å². The number of hydrogen-bond acceptors (Lipinski definition) is 4. The third-order valence-electron chi connectivity index (χ3n) is 1.74. The van der Waals surface area contributed by atoms with Gasteiger partial charge in [0.25, 0.3) is 0 Å². The van der Waals surface area contributed by atoms with Crippen LogP contribution in [0.15, 0.2) is 24.3 Å². The van der Waals surface area contributed by atoms with Crippen molar-refractivity contribution in [3.05, 3.63) is 24.3 Å². The highest BCUT2D eigenvalue weighted by atomic mass is 17.2. The molecule has 0 aliphatic heterocycles. The van der Waals surface area contributed by atoms with Crippen molar-refractivity contribution in [2.45, 2.75) is 27.2 Å². The molecule has 4 heteroatoms. The van der Waals surface area contributed by atoms with Crippen LogP contribution in [-0.4, -0.2) is 11.1 Å². The topological polar surface area (TPSA) is 55.8 Å². The first-order valence-electron chi connectivity index (χ1n) is 5.03. The molecular weight excluding hydrogens is 208 g/mol. The van der Waals surface area contributed by atoms with E-state index < -0.39 is 5.97 Å². The molecule has 0 heterocycles. The van der Waals surface area contributed by atoms with E-state index >= 15 is 0 Å². The zero-order chi connectivity index (χ0) is 12.2. The molecule has 0 spiro atoms. The van der Waals surface area contributed by atoms with E-state index in [1.165, 1.54) is 24.3 Å². The lowest BCUT2D eigenvalue weighted by molar-refractivity contribution is -0.215. The zero-order valence-corrected chi connectivity index (χ0v) is 9.69. The van der Waals surface area contributed by atoms with Gasteiger partial charge in [0.1, 0.15) is 5.75 Å². The van der Waals surface area contributed by atoms with Crippen molar-refractivity contribution in [1.82, 2.24) is 0 Å². The van der Waals surface area contributed by atoms with Gasteiger partial charge >= 0.3 is 5.97 Å². The van der Waals surface area contributed by atoms with Crippen molar-refractivity contribution in [1.29, 1.82) is 0 Å². The molecule has 1 aromatic rings. The maximum Gasteiger partial charge on any atom is 0.355 e. The fourth-order valence-electron chi connectivity index (χ4n) is 1.06. The predicted octanol–water partition coefficient (Wildman–Crippen LogP) is 2.67. The number of rotatable bonds is 3. The first-order valence-corrected chi connectivity index (χ1v) is 5.03. The van der Waals surface area contributed by atoms with Crippen molar-refractivity contribution in [3.8, 4) is 11.5 Å². The normalized spacial score (nSPS) is 10.9. The molecule has 0 fully saturated rings. The Morgan fingerprint density at radius 3 is 2.31 bits per heavy atom. The third-order valence-corrected chi connectivity index (χ3v) is 1.74. The fourth-order valence-corrected chi connectivity index (χ4v) is 1.06. The summed E-state index contributed by atoms with van der Waals surface area (Å²) in [6, 6.07) is 5.93. The summed E-state index contributed by atoms with van der Waals surface area (Å²) in [5, 5.41) is 9.02. The summed E-state index contributed by atoms with van der Waals surface area (Å²) in [6.07, 6.45) is 0.283. The monoisotopic (exact) mass is 224 g/mol.